The maximum Gasteiger partial charge on any atom is 0.257 e. The SMILES string of the molecule is O=C(COc1ccccc1)NCCCCCCn1ccnc1. The molecule has 1 N–H and O–H groups in total. The van der Waals surface area contributed by atoms with Crippen molar-refractivity contribution in [3.05, 3.63) is 49.1 Å². The number of hydrogen-bond acceptors (Lipinski definition) is 3. The molecular weight excluding hydrogens is 278 g/mol. The molecule has 5 heteroatoms. The number of hydrogen-bond donors (Lipinski definition) is 1. The van der Waals surface area contributed by atoms with Crippen molar-refractivity contribution in [1.82, 2.24) is 14.9 Å². The smallest absolute Gasteiger partial charge is 0.257 e. The van der Waals surface area contributed by atoms with Gasteiger partial charge in [0.05, 0.1) is 6.33 Å². The lowest BCUT2D eigenvalue weighted by Gasteiger charge is -2.07. The molecule has 0 aliphatic heterocycles. The van der Waals surface area contributed by atoms with E-state index in [2.05, 4.69) is 14.9 Å². The lowest BCUT2D eigenvalue weighted by molar-refractivity contribution is -0.123. The number of aromatic nitrogens is 2. The molecule has 1 amide bonds. The van der Waals surface area contributed by atoms with Crippen molar-refractivity contribution in [3.63, 3.8) is 0 Å². The molecule has 1 aromatic heterocycles. The van der Waals surface area contributed by atoms with Crippen LogP contribution in [0.3, 0.4) is 0 Å². The number of benzene rings is 1. The van der Waals surface area contributed by atoms with Crippen LogP contribution in [0.1, 0.15) is 25.7 Å². The molecule has 0 saturated heterocycles. The third-order valence-electron chi connectivity index (χ3n) is 3.34. The minimum absolute atomic E-state index is 0.0673. The zero-order valence-electron chi connectivity index (χ0n) is 12.8. The maximum atomic E-state index is 11.6. The topological polar surface area (TPSA) is 56.1 Å². The van der Waals surface area contributed by atoms with E-state index in [9.17, 15) is 4.79 Å². The van der Waals surface area contributed by atoms with E-state index in [-0.39, 0.29) is 12.5 Å². The molecule has 0 aliphatic carbocycles. The number of nitrogens with zero attached hydrogens (tertiary/aromatic N) is 2. The molecule has 1 heterocycles. The Morgan fingerprint density at radius 3 is 2.73 bits per heavy atom. The summed E-state index contributed by atoms with van der Waals surface area (Å²) in [6, 6.07) is 9.37. The number of carbonyl (C=O) groups excluding carboxylic acids is 1. The zero-order valence-corrected chi connectivity index (χ0v) is 12.8. The summed E-state index contributed by atoms with van der Waals surface area (Å²) in [4.78, 5) is 15.6. The van der Waals surface area contributed by atoms with E-state index >= 15 is 0 Å². The summed E-state index contributed by atoms with van der Waals surface area (Å²) >= 11 is 0. The molecule has 0 atom stereocenters. The van der Waals surface area contributed by atoms with Crippen LogP contribution in [-0.4, -0.2) is 28.6 Å². The Hall–Kier alpha value is -2.30. The lowest BCUT2D eigenvalue weighted by Crippen LogP contribution is -2.29. The van der Waals surface area contributed by atoms with Gasteiger partial charge in [-0.3, -0.25) is 4.79 Å². The fourth-order valence-electron chi connectivity index (χ4n) is 2.14. The van der Waals surface area contributed by atoms with Crippen LogP contribution in [0.5, 0.6) is 5.75 Å². The molecule has 0 saturated carbocycles. The highest BCUT2D eigenvalue weighted by molar-refractivity contribution is 5.77. The summed E-state index contributed by atoms with van der Waals surface area (Å²) in [5, 5.41) is 2.88. The van der Waals surface area contributed by atoms with Gasteiger partial charge in [-0.1, -0.05) is 31.0 Å². The van der Waals surface area contributed by atoms with Crippen LogP contribution >= 0.6 is 0 Å². The second-order valence-electron chi connectivity index (χ2n) is 5.17. The van der Waals surface area contributed by atoms with Gasteiger partial charge in [-0.05, 0) is 25.0 Å². The highest BCUT2D eigenvalue weighted by Crippen LogP contribution is 2.07. The summed E-state index contributed by atoms with van der Waals surface area (Å²) in [6.45, 7) is 1.80. The molecule has 2 aromatic rings. The fraction of sp³-hybridized carbons (Fsp3) is 0.412. The number of para-hydroxylation sites is 1. The van der Waals surface area contributed by atoms with E-state index in [0.717, 1.165) is 38.0 Å². The molecule has 22 heavy (non-hydrogen) atoms. The number of unbranched alkanes of at least 4 members (excludes halogenated alkanes) is 3. The number of aryl methyl sites for hydroxylation is 1. The normalized spacial score (nSPS) is 10.4. The average molecular weight is 301 g/mol. The number of amides is 1. The molecule has 0 unspecified atom stereocenters. The first kappa shape index (κ1) is 16.1. The van der Waals surface area contributed by atoms with Gasteiger partial charge in [0.25, 0.3) is 5.91 Å². The molecule has 118 valence electrons. The minimum Gasteiger partial charge on any atom is -0.484 e. The number of nitrogens with one attached hydrogen (secondary N) is 1. The second kappa shape index (κ2) is 9.60. The van der Waals surface area contributed by atoms with E-state index in [1.807, 2.05) is 42.9 Å². The largest absolute Gasteiger partial charge is 0.484 e. The predicted molar refractivity (Wildman–Crippen MR) is 85.6 cm³/mol. The minimum atomic E-state index is -0.0673. The molecular formula is C17H23N3O2. The first-order chi connectivity index (χ1) is 10.8. The molecule has 2 rings (SSSR count). The number of ether oxygens (including phenoxy) is 1. The first-order valence-corrected chi connectivity index (χ1v) is 7.75. The van der Waals surface area contributed by atoms with Gasteiger partial charge in [-0.15, -0.1) is 0 Å². The number of imidazole rings is 1. The molecule has 0 spiro atoms. The molecule has 0 fully saturated rings. The molecule has 0 aliphatic rings. The standard InChI is InChI=1S/C17H23N3O2/c21-17(14-22-16-8-4-3-5-9-16)19-10-6-1-2-7-12-20-13-11-18-15-20/h3-5,8-9,11,13,15H,1-2,6-7,10,12,14H2,(H,19,21). The number of rotatable bonds is 10. The Morgan fingerprint density at radius 1 is 1.14 bits per heavy atom. The van der Waals surface area contributed by atoms with Crippen molar-refractivity contribution in [2.45, 2.75) is 32.2 Å². The molecule has 0 radical (unpaired) electrons. The first-order valence-electron chi connectivity index (χ1n) is 7.75. The van der Waals surface area contributed by atoms with Gasteiger partial charge in [0.15, 0.2) is 6.61 Å². The maximum absolute atomic E-state index is 11.6. The Bertz CT molecular complexity index is 526. The fourth-order valence-corrected chi connectivity index (χ4v) is 2.14. The molecule has 0 bridgehead atoms. The van der Waals surface area contributed by atoms with Gasteiger partial charge in [-0.2, -0.15) is 0 Å². The molecule has 1 aromatic carbocycles. The van der Waals surface area contributed by atoms with Crippen molar-refractivity contribution < 1.29 is 9.53 Å². The zero-order chi connectivity index (χ0) is 15.5. The Balaban J connectivity index is 1.43. The third kappa shape index (κ3) is 6.43. The van der Waals surface area contributed by atoms with Gasteiger partial charge in [0.2, 0.25) is 0 Å². The highest BCUT2D eigenvalue weighted by Gasteiger charge is 2.01. The van der Waals surface area contributed by atoms with Crippen LogP contribution in [0.2, 0.25) is 0 Å². The van der Waals surface area contributed by atoms with E-state index in [1.165, 1.54) is 0 Å². The van der Waals surface area contributed by atoms with E-state index in [1.54, 1.807) is 6.20 Å². The summed E-state index contributed by atoms with van der Waals surface area (Å²) in [7, 11) is 0. The van der Waals surface area contributed by atoms with Crippen LogP contribution in [0.4, 0.5) is 0 Å². The van der Waals surface area contributed by atoms with Crippen molar-refractivity contribution in [2.24, 2.45) is 0 Å². The summed E-state index contributed by atoms with van der Waals surface area (Å²) in [5.41, 5.74) is 0. The summed E-state index contributed by atoms with van der Waals surface area (Å²) in [5.74, 6) is 0.652. The Morgan fingerprint density at radius 2 is 1.95 bits per heavy atom. The van der Waals surface area contributed by atoms with Crippen molar-refractivity contribution in [2.75, 3.05) is 13.2 Å². The molecule has 5 nitrogen and oxygen atoms in total. The predicted octanol–water partition coefficient (Wildman–Crippen LogP) is 2.64. The van der Waals surface area contributed by atoms with Crippen molar-refractivity contribution >= 4 is 5.91 Å². The number of carbonyl (C=O) groups is 1. The van der Waals surface area contributed by atoms with E-state index in [4.69, 9.17) is 4.74 Å². The average Bonchev–Trinajstić information content (AvgIpc) is 3.06. The van der Waals surface area contributed by atoms with Gasteiger partial charge < -0.3 is 14.6 Å². The van der Waals surface area contributed by atoms with Crippen LogP contribution in [0.25, 0.3) is 0 Å². The van der Waals surface area contributed by atoms with Crippen molar-refractivity contribution in [3.8, 4) is 5.75 Å². The van der Waals surface area contributed by atoms with E-state index < -0.39 is 0 Å². The Labute approximate surface area is 131 Å². The second-order valence-corrected chi connectivity index (χ2v) is 5.17. The monoisotopic (exact) mass is 301 g/mol. The van der Waals surface area contributed by atoms with E-state index in [0.29, 0.717) is 6.54 Å². The van der Waals surface area contributed by atoms with Crippen molar-refractivity contribution in [1.29, 1.82) is 0 Å². The lowest BCUT2D eigenvalue weighted by atomic mass is 10.2. The summed E-state index contributed by atoms with van der Waals surface area (Å²) in [6.07, 6.45) is 10.0. The van der Waals surface area contributed by atoms with Gasteiger partial charge in [0, 0.05) is 25.5 Å². The third-order valence-corrected chi connectivity index (χ3v) is 3.34. The van der Waals surface area contributed by atoms with Crippen LogP contribution in [0.15, 0.2) is 49.1 Å². The van der Waals surface area contributed by atoms with Crippen LogP contribution < -0.4 is 10.1 Å². The van der Waals surface area contributed by atoms with Crippen LogP contribution in [0, 0.1) is 0 Å². The Kier molecular flexibility index (Phi) is 7.02. The quantitative estimate of drug-likeness (QED) is 0.686. The summed E-state index contributed by atoms with van der Waals surface area (Å²) < 4.78 is 7.47. The van der Waals surface area contributed by atoms with Gasteiger partial charge in [0.1, 0.15) is 5.75 Å². The van der Waals surface area contributed by atoms with Gasteiger partial charge in [-0.25, -0.2) is 4.98 Å². The highest BCUT2D eigenvalue weighted by atomic mass is 16.5. The van der Waals surface area contributed by atoms with Gasteiger partial charge >= 0.3 is 0 Å². The van der Waals surface area contributed by atoms with Crippen LogP contribution in [-0.2, 0) is 11.3 Å².